The minimum absolute atomic E-state index is 0.137. The fourth-order valence-corrected chi connectivity index (χ4v) is 2.37. The van der Waals surface area contributed by atoms with Gasteiger partial charge in [-0.2, -0.15) is 0 Å². The van der Waals surface area contributed by atoms with Gasteiger partial charge < -0.3 is 24.3 Å². The molecule has 0 unspecified atom stereocenters. The van der Waals surface area contributed by atoms with Crippen molar-refractivity contribution in [3.05, 3.63) is 53.6 Å². The van der Waals surface area contributed by atoms with Crippen LogP contribution >= 0.6 is 0 Å². The Labute approximate surface area is 140 Å². The maximum atomic E-state index is 12.1. The maximum Gasteiger partial charge on any atom is 0.251 e. The minimum Gasteiger partial charge on any atom is -0.492 e. The van der Waals surface area contributed by atoms with Crippen LogP contribution in [0.4, 0.5) is 0 Å². The Morgan fingerprint density at radius 2 is 2.04 bits per heavy atom. The van der Waals surface area contributed by atoms with Crippen LogP contribution in [0.2, 0.25) is 0 Å². The zero-order valence-electron chi connectivity index (χ0n) is 13.4. The van der Waals surface area contributed by atoms with Crippen LogP contribution < -0.4 is 19.5 Å². The maximum absolute atomic E-state index is 12.1. The number of hydrogen-bond acceptors (Lipinski definition) is 5. The summed E-state index contributed by atoms with van der Waals surface area (Å²) < 4.78 is 21.2. The van der Waals surface area contributed by atoms with E-state index in [0.717, 1.165) is 5.56 Å². The number of amides is 1. The Hall–Kier alpha value is -2.73. The molecule has 6 nitrogen and oxygen atoms in total. The molecule has 126 valence electrons. The molecule has 0 saturated heterocycles. The van der Waals surface area contributed by atoms with Crippen molar-refractivity contribution < 1.29 is 23.7 Å². The van der Waals surface area contributed by atoms with Crippen LogP contribution in [0.1, 0.15) is 15.9 Å². The predicted octanol–water partition coefficient (Wildman–Crippen LogP) is 2.37. The monoisotopic (exact) mass is 329 g/mol. The van der Waals surface area contributed by atoms with Crippen molar-refractivity contribution in [3.8, 4) is 17.2 Å². The third-order valence-electron chi connectivity index (χ3n) is 3.50. The van der Waals surface area contributed by atoms with Crippen molar-refractivity contribution in [1.29, 1.82) is 0 Å². The molecule has 2 aromatic carbocycles. The van der Waals surface area contributed by atoms with Gasteiger partial charge in [-0.05, 0) is 29.8 Å². The fourth-order valence-electron chi connectivity index (χ4n) is 2.37. The molecule has 1 aliphatic rings. The molecule has 0 bridgehead atoms. The van der Waals surface area contributed by atoms with Crippen molar-refractivity contribution in [1.82, 2.24) is 5.32 Å². The summed E-state index contributed by atoms with van der Waals surface area (Å²) in [6.07, 6.45) is 0. The standard InChI is InChI=1S/C18H19NO5/c1-21-11-13-3-2-4-14(9-13)18(20)19-7-8-22-15-5-6-16-17(10-15)24-12-23-16/h2-6,9-10H,7-8,11-12H2,1H3,(H,19,20). The van der Waals surface area contributed by atoms with Crippen molar-refractivity contribution in [2.24, 2.45) is 0 Å². The Bertz CT molecular complexity index is 716. The summed E-state index contributed by atoms with van der Waals surface area (Å²) >= 11 is 0. The third-order valence-corrected chi connectivity index (χ3v) is 3.50. The summed E-state index contributed by atoms with van der Waals surface area (Å²) in [5.74, 6) is 1.93. The summed E-state index contributed by atoms with van der Waals surface area (Å²) in [6, 6.07) is 12.7. The van der Waals surface area contributed by atoms with Gasteiger partial charge in [0.15, 0.2) is 11.5 Å². The number of rotatable bonds is 7. The number of methoxy groups -OCH3 is 1. The number of hydrogen-bond donors (Lipinski definition) is 1. The molecule has 0 atom stereocenters. The van der Waals surface area contributed by atoms with E-state index in [1.54, 1.807) is 25.3 Å². The van der Waals surface area contributed by atoms with Crippen molar-refractivity contribution in [2.45, 2.75) is 6.61 Å². The molecule has 0 fully saturated rings. The van der Waals surface area contributed by atoms with Gasteiger partial charge in [-0.1, -0.05) is 12.1 Å². The van der Waals surface area contributed by atoms with Crippen LogP contribution in [0.3, 0.4) is 0 Å². The first-order valence-corrected chi connectivity index (χ1v) is 7.65. The van der Waals surface area contributed by atoms with Gasteiger partial charge in [0.2, 0.25) is 6.79 Å². The highest BCUT2D eigenvalue weighted by molar-refractivity contribution is 5.94. The van der Waals surface area contributed by atoms with E-state index in [9.17, 15) is 4.79 Å². The number of benzene rings is 2. The van der Waals surface area contributed by atoms with Crippen LogP contribution in [0, 0.1) is 0 Å². The molecule has 0 aliphatic carbocycles. The second kappa shape index (κ2) is 7.70. The lowest BCUT2D eigenvalue weighted by Crippen LogP contribution is -2.28. The van der Waals surface area contributed by atoms with Gasteiger partial charge in [0, 0.05) is 18.7 Å². The number of ether oxygens (including phenoxy) is 4. The molecular formula is C18H19NO5. The Morgan fingerprint density at radius 1 is 1.17 bits per heavy atom. The Balaban J connectivity index is 1.46. The van der Waals surface area contributed by atoms with Crippen molar-refractivity contribution >= 4 is 5.91 Å². The summed E-state index contributed by atoms with van der Waals surface area (Å²) in [5.41, 5.74) is 1.56. The van der Waals surface area contributed by atoms with Crippen LogP contribution in [-0.2, 0) is 11.3 Å². The summed E-state index contributed by atoms with van der Waals surface area (Å²) in [7, 11) is 1.63. The van der Waals surface area contributed by atoms with Gasteiger partial charge >= 0.3 is 0 Å². The first kappa shape index (κ1) is 16.1. The van der Waals surface area contributed by atoms with Gasteiger partial charge in [0.25, 0.3) is 5.91 Å². The van der Waals surface area contributed by atoms with Gasteiger partial charge in [-0.15, -0.1) is 0 Å². The first-order valence-electron chi connectivity index (χ1n) is 7.65. The largest absolute Gasteiger partial charge is 0.492 e. The normalized spacial score (nSPS) is 12.0. The van der Waals surface area contributed by atoms with Crippen LogP contribution in [-0.4, -0.2) is 33.0 Å². The van der Waals surface area contributed by atoms with Crippen LogP contribution in [0.25, 0.3) is 0 Å². The van der Waals surface area contributed by atoms with Crippen molar-refractivity contribution in [3.63, 3.8) is 0 Å². The molecule has 1 aliphatic heterocycles. The molecule has 0 radical (unpaired) electrons. The van der Waals surface area contributed by atoms with Crippen LogP contribution in [0.15, 0.2) is 42.5 Å². The highest BCUT2D eigenvalue weighted by Crippen LogP contribution is 2.34. The van der Waals surface area contributed by atoms with E-state index >= 15 is 0 Å². The molecule has 1 heterocycles. The lowest BCUT2D eigenvalue weighted by atomic mass is 10.1. The Kier molecular flexibility index (Phi) is 5.18. The molecule has 3 rings (SSSR count). The zero-order chi connectivity index (χ0) is 16.8. The fraction of sp³-hybridized carbons (Fsp3) is 0.278. The van der Waals surface area contributed by atoms with Crippen molar-refractivity contribution in [2.75, 3.05) is 27.1 Å². The van der Waals surface area contributed by atoms with E-state index < -0.39 is 0 Å². The van der Waals surface area contributed by atoms with E-state index in [1.165, 1.54) is 0 Å². The molecular weight excluding hydrogens is 310 g/mol. The minimum atomic E-state index is -0.137. The lowest BCUT2D eigenvalue weighted by Gasteiger charge is -2.09. The average molecular weight is 329 g/mol. The lowest BCUT2D eigenvalue weighted by molar-refractivity contribution is 0.0946. The SMILES string of the molecule is COCc1cccc(C(=O)NCCOc2ccc3c(c2)OCO3)c1. The summed E-state index contributed by atoms with van der Waals surface area (Å²) in [4.78, 5) is 12.1. The van der Waals surface area contributed by atoms with E-state index in [2.05, 4.69) is 5.32 Å². The average Bonchev–Trinajstić information content (AvgIpc) is 3.07. The van der Waals surface area contributed by atoms with Gasteiger partial charge in [0.1, 0.15) is 12.4 Å². The highest BCUT2D eigenvalue weighted by Gasteiger charge is 2.13. The number of fused-ring (bicyclic) bond motifs is 1. The van der Waals surface area contributed by atoms with Gasteiger partial charge in [-0.3, -0.25) is 4.79 Å². The molecule has 1 amide bonds. The quantitative estimate of drug-likeness (QED) is 0.790. The number of carbonyl (C=O) groups excluding carboxylic acids is 1. The highest BCUT2D eigenvalue weighted by atomic mass is 16.7. The van der Waals surface area contributed by atoms with E-state index in [0.29, 0.717) is 42.6 Å². The molecule has 24 heavy (non-hydrogen) atoms. The summed E-state index contributed by atoms with van der Waals surface area (Å²) in [5, 5.41) is 2.83. The van der Waals surface area contributed by atoms with E-state index in [-0.39, 0.29) is 12.7 Å². The first-order chi connectivity index (χ1) is 11.8. The second-order valence-corrected chi connectivity index (χ2v) is 5.25. The second-order valence-electron chi connectivity index (χ2n) is 5.25. The molecule has 6 heteroatoms. The molecule has 0 aromatic heterocycles. The topological polar surface area (TPSA) is 66.0 Å². The molecule has 1 N–H and O–H groups in total. The van der Waals surface area contributed by atoms with E-state index in [4.69, 9.17) is 18.9 Å². The predicted molar refractivity (Wildman–Crippen MR) is 87.5 cm³/mol. The smallest absolute Gasteiger partial charge is 0.251 e. The third kappa shape index (κ3) is 3.97. The Morgan fingerprint density at radius 3 is 2.92 bits per heavy atom. The molecule has 0 spiro atoms. The summed E-state index contributed by atoms with van der Waals surface area (Å²) in [6.45, 7) is 1.48. The van der Waals surface area contributed by atoms with Crippen LogP contribution in [0.5, 0.6) is 17.2 Å². The number of nitrogens with one attached hydrogen (secondary N) is 1. The van der Waals surface area contributed by atoms with E-state index in [1.807, 2.05) is 24.3 Å². The number of carbonyl (C=O) groups is 1. The van der Waals surface area contributed by atoms with Gasteiger partial charge in [0.05, 0.1) is 13.2 Å². The zero-order valence-corrected chi connectivity index (χ0v) is 13.4. The molecule has 0 saturated carbocycles. The molecule has 2 aromatic rings. The van der Waals surface area contributed by atoms with Gasteiger partial charge in [-0.25, -0.2) is 0 Å².